The minimum Gasteiger partial charge on any atom is -0.385 e. The normalized spacial score (nSPS) is 10.6. The van der Waals surface area contributed by atoms with Crippen molar-refractivity contribution in [2.24, 2.45) is 5.10 Å². The van der Waals surface area contributed by atoms with Gasteiger partial charge >= 0.3 is 0 Å². The minimum absolute atomic E-state index is 0.0162. The number of nitro groups is 1. The van der Waals surface area contributed by atoms with Crippen LogP contribution in [0.4, 0.5) is 11.4 Å². The van der Waals surface area contributed by atoms with Gasteiger partial charge in [-0.15, -0.1) is 0 Å². The highest BCUT2D eigenvalue weighted by Gasteiger charge is 2.04. The van der Waals surface area contributed by atoms with Crippen LogP contribution in [0.15, 0.2) is 53.6 Å². The summed E-state index contributed by atoms with van der Waals surface area (Å²) in [5.74, 6) is -0.201. The van der Waals surface area contributed by atoms with E-state index in [4.69, 9.17) is 0 Å². The zero-order chi connectivity index (χ0) is 18.1. The highest BCUT2D eigenvalue weighted by atomic mass is 16.6. The van der Waals surface area contributed by atoms with E-state index in [1.807, 2.05) is 31.2 Å². The summed E-state index contributed by atoms with van der Waals surface area (Å²) in [6, 6.07) is 14.1. The Labute approximate surface area is 145 Å². The first-order valence-electron chi connectivity index (χ1n) is 7.91. The molecule has 0 bridgehead atoms. The fourth-order valence-corrected chi connectivity index (χ4v) is 2.19. The number of hydrogen-bond donors (Lipinski definition) is 2. The third-order valence-electron chi connectivity index (χ3n) is 3.41. The van der Waals surface area contributed by atoms with Crippen molar-refractivity contribution < 1.29 is 9.72 Å². The molecule has 0 atom stereocenters. The van der Waals surface area contributed by atoms with Crippen LogP contribution in [-0.4, -0.2) is 23.6 Å². The average Bonchev–Trinajstić information content (AvgIpc) is 2.59. The van der Waals surface area contributed by atoms with Gasteiger partial charge in [-0.25, -0.2) is 5.43 Å². The van der Waals surface area contributed by atoms with E-state index in [9.17, 15) is 14.9 Å². The fraction of sp³-hybridized carbons (Fsp3) is 0.222. The van der Waals surface area contributed by atoms with Crippen molar-refractivity contribution >= 4 is 23.5 Å². The van der Waals surface area contributed by atoms with E-state index in [1.165, 1.54) is 23.9 Å². The Bertz CT molecular complexity index is 774. The molecule has 2 aromatic carbocycles. The van der Waals surface area contributed by atoms with Crippen LogP contribution in [0.1, 0.15) is 24.0 Å². The standard InChI is InChI=1S/C18H20N4O3/c1-14-5-2-7-16(11-14)19-10-4-9-18(23)21-20-13-15-6-3-8-17(12-15)22(24)25/h2-3,5-8,11-13,19H,4,9-10H2,1H3,(H,21,23)/b20-13+. The van der Waals surface area contributed by atoms with Gasteiger partial charge in [0.2, 0.25) is 5.91 Å². The monoisotopic (exact) mass is 340 g/mol. The molecule has 7 heteroatoms. The van der Waals surface area contributed by atoms with Gasteiger partial charge in [-0.2, -0.15) is 5.10 Å². The molecule has 130 valence electrons. The molecule has 0 saturated carbocycles. The van der Waals surface area contributed by atoms with E-state index in [1.54, 1.807) is 12.1 Å². The summed E-state index contributed by atoms with van der Waals surface area (Å²) in [4.78, 5) is 21.9. The lowest BCUT2D eigenvalue weighted by Gasteiger charge is -2.06. The number of aryl methyl sites for hydroxylation is 1. The Morgan fingerprint density at radius 1 is 1.24 bits per heavy atom. The molecular formula is C18H20N4O3. The predicted octanol–water partition coefficient (Wildman–Crippen LogP) is 3.25. The van der Waals surface area contributed by atoms with Crippen molar-refractivity contribution in [1.82, 2.24) is 5.43 Å². The van der Waals surface area contributed by atoms with Crippen LogP contribution in [0.2, 0.25) is 0 Å². The number of benzene rings is 2. The number of hydrogen-bond acceptors (Lipinski definition) is 5. The highest BCUT2D eigenvalue weighted by molar-refractivity contribution is 5.83. The molecule has 0 heterocycles. The van der Waals surface area contributed by atoms with Crippen LogP contribution in [-0.2, 0) is 4.79 Å². The summed E-state index contributed by atoms with van der Waals surface area (Å²) in [5.41, 5.74) is 5.17. The summed E-state index contributed by atoms with van der Waals surface area (Å²) in [6.45, 7) is 2.71. The second-order valence-corrected chi connectivity index (χ2v) is 5.55. The molecule has 0 saturated heterocycles. The van der Waals surface area contributed by atoms with E-state index in [-0.39, 0.29) is 11.6 Å². The van der Waals surface area contributed by atoms with Gasteiger partial charge in [0.1, 0.15) is 0 Å². The van der Waals surface area contributed by atoms with Crippen molar-refractivity contribution in [3.05, 3.63) is 69.8 Å². The lowest BCUT2D eigenvalue weighted by Crippen LogP contribution is -2.18. The topological polar surface area (TPSA) is 96.6 Å². The largest absolute Gasteiger partial charge is 0.385 e. The molecule has 0 aliphatic rings. The predicted molar refractivity (Wildman–Crippen MR) is 97.7 cm³/mol. The average molecular weight is 340 g/mol. The molecule has 0 fully saturated rings. The van der Waals surface area contributed by atoms with Crippen LogP contribution in [0.3, 0.4) is 0 Å². The summed E-state index contributed by atoms with van der Waals surface area (Å²) < 4.78 is 0. The maximum Gasteiger partial charge on any atom is 0.270 e. The number of nitrogens with one attached hydrogen (secondary N) is 2. The lowest BCUT2D eigenvalue weighted by atomic mass is 10.2. The highest BCUT2D eigenvalue weighted by Crippen LogP contribution is 2.11. The Morgan fingerprint density at radius 2 is 2.04 bits per heavy atom. The third kappa shape index (κ3) is 6.42. The van der Waals surface area contributed by atoms with Crippen molar-refractivity contribution in [1.29, 1.82) is 0 Å². The van der Waals surface area contributed by atoms with Gasteiger partial charge < -0.3 is 5.32 Å². The Kier molecular flexibility index (Phi) is 6.65. The second-order valence-electron chi connectivity index (χ2n) is 5.55. The number of amides is 1. The zero-order valence-corrected chi connectivity index (χ0v) is 13.9. The molecule has 2 N–H and O–H groups in total. The Balaban J connectivity index is 1.70. The van der Waals surface area contributed by atoms with Crippen molar-refractivity contribution in [3.63, 3.8) is 0 Å². The van der Waals surface area contributed by atoms with Crippen LogP contribution in [0, 0.1) is 17.0 Å². The number of carbonyl (C=O) groups excluding carboxylic acids is 1. The molecule has 0 spiro atoms. The molecule has 1 amide bonds. The molecule has 0 radical (unpaired) electrons. The van der Waals surface area contributed by atoms with Gasteiger partial charge in [-0.3, -0.25) is 14.9 Å². The summed E-state index contributed by atoms with van der Waals surface area (Å²) in [5, 5.41) is 17.8. The first-order valence-corrected chi connectivity index (χ1v) is 7.91. The second kappa shape index (κ2) is 9.17. The number of non-ortho nitro benzene ring substituents is 1. The van der Waals surface area contributed by atoms with Crippen molar-refractivity contribution in [3.8, 4) is 0 Å². The SMILES string of the molecule is Cc1cccc(NCCCC(=O)N/N=C/c2cccc([N+](=O)[O-])c2)c1. The van der Waals surface area contributed by atoms with E-state index < -0.39 is 4.92 Å². The number of rotatable bonds is 8. The van der Waals surface area contributed by atoms with E-state index in [2.05, 4.69) is 15.8 Å². The number of carbonyl (C=O) groups is 1. The number of nitrogens with zero attached hydrogens (tertiary/aromatic N) is 2. The van der Waals surface area contributed by atoms with E-state index in [0.717, 1.165) is 5.69 Å². The van der Waals surface area contributed by atoms with Crippen LogP contribution < -0.4 is 10.7 Å². The maximum atomic E-state index is 11.7. The zero-order valence-electron chi connectivity index (χ0n) is 13.9. The molecule has 2 rings (SSSR count). The Morgan fingerprint density at radius 3 is 2.80 bits per heavy atom. The minimum atomic E-state index is -0.475. The smallest absolute Gasteiger partial charge is 0.270 e. The number of anilines is 1. The molecule has 0 aliphatic carbocycles. The molecule has 0 unspecified atom stereocenters. The molecule has 7 nitrogen and oxygen atoms in total. The quantitative estimate of drug-likeness (QED) is 0.334. The van der Waals surface area contributed by atoms with Gasteiger partial charge in [-0.1, -0.05) is 24.3 Å². The van der Waals surface area contributed by atoms with Crippen molar-refractivity contribution in [2.45, 2.75) is 19.8 Å². The van der Waals surface area contributed by atoms with Crippen LogP contribution >= 0.6 is 0 Å². The first-order chi connectivity index (χ1) is 12.0. The maximum absolute atomic E-state index is 11.7. The summed E-state index contributed by atoms with van der Waals surface area (Å²) in [6.07, 6.45) is 2.40. The molecule has 2 aromatic rings. The van der Waals surface area contributed by atoms with E-state index in [0.29, 0.717) is 24.9 Å². The number of hydrazone groups is 1. The first kappa shape index (κ1) is 18.1. The van der Waals surface area contributed by atoms with Gasteiger partial charge in [0.15, 0.2) is 0 Å². The van der Waals surface area contributed by atoms with Gasteiger partial charge in [0.05, 0.1) is 11.1 Å². The molecule has 0 aliphatic heterocycles. The van der Waals surface area contributed by atoms with Crippen LogP contribution in [0.25, 0.3) is 0 Å². The van der Waals surface area contributed by atoms with Gasteiger partial charge in [0, 0.05) is 36.3 Å². The number of nitro benzene ring substituents is 1. The third-order valence-corrected chi connectivity index (χ3v) is 3.41. The summed E-state index contributed by atoms with van der Waals surface area (Å²) >= 11 is 0. The van der Waals surface area contributed by atoms with Gasteiger partial charge in [0.25, 0.3) is 5.69 Å². The van der Waals surface area contributed by atoms with Gasteiger partial charge in [-0.05, 0) is 31.0 Å². The Hall–Kier alpha value is -3.22. The lowest BCUT2D eigenvalue weighted by molar-refractivity contribution is -0.384. The molecular weight excluding hydrogens is 320 g/mol. The van der Waals surface area contributed by atoms with Crippen molar-refractivity contribution in [2.75, 3.05) is 11.9 Å². The summed E-state index contributed by atoms with van der Waals surface area (Å²) in [7, 11) is 0. The van der Waals surface area contributed by atoms with E-state index >= 15 is 0 Å². The van der Waals surface area contributed by atoms with Crippen LogP contribution in [0.5, 0.6) is 0 Å². The molecule has 0 aromatic heterocycles. The fourth-order valence-electron chi connectivity index (χ4n) is 2.19. The molecule has 25 heavy (non-hydrogen) atoms.